The number of anilines is 1. The fourth-order valence-corrected chi connectivity index (χ4v) is 3.36. The molecule has 1 rings (SSSR count). The summed E-state index contributed by atoms with van der Waals surface area (Å²) >= 11 is 7.32. The van der Waals surface area contributed by atoms with Crippen molar-refractivity contribution in [3.63, 3.8) is 0 Å². The molecule has 0 aliphatic carbocycles. The van der Waals surface area contributed by atoms with E-state index in [4.69, 9.17) is 16.3 Å². The summed E-state index contributed by atoms with van der Waals surface area (Å²) in [6.07, 6.45) is 1.44. The summed E-state index contributed by atoms with van der Waals surface area (Å²) in [4.78, 5) is 24.2. The summed E-state index contributed by atoms with van der Waals surface area (Å²) in [6, 6.07) is 2.60. The Labute approximate surface area is 151 Å². The largest absolute Gasteiger partial charge is 0.462 e. The SMILES string of the molecule is CCCC(Sc1cc(NC(=O)CC)c(F)cc1Cl)C(=O)OC(C)C. The number of rotatable bonds is 8. The topological polar surface area (TPSA) is 55.4 Å². The summed E-state index contributed by atoms with van der Waals surface area (Å²) in [5, 5.41) is 2.26. The summed E-state index contributed by atoms with van der Waals surface area (Å²) < 4.78 is 19.2. The van der Waals surface area contributed by atoms with Crippen LogP contribution in [0.2, 0.25) is 5.02 Å². The second kappa shape index (κ2) is 9.89. The van der Waals surface area contributed by atoms with E-state index in [1.165, 1.54) is 17.8 Å². The van der Waals surface area contributed by atoms with Gasteiger partial charge in [0.15, 0.2) is 0 Å². The summed E-state index contributed by atoms with van der Waals surface area (Å²) in [7, 11) is 0. The third kappa shape index (κ3) is 6.32. The molecule has 0 spiro atoms. The Bertz CT molecular complexity index is 595. The van der Waals surface area contributed by atoms with Crippen molar-refractivity contribution in [2.24, 2.45) is 0 Å². The molecular weight excluding hydrogens is 353 g/mol. The minimum Gasteiger partial charge on any atom is -0.462 e. The van der Waals surface area contributed by atoms with Gasteiger partial charge in [0.1, 0.15) is 11.1 Å². The van der Waals surface area contributed by atoms with Crippen LogP contribution in [0.5, 0.6) is 0 Å². The minimum absolute atomic E-state index is 0.0567. The van der Waals surface area contributed by atoms with E-state index in [0.717, 1.165) is 12.5 Å². The molecular formula is C17H23ClFNO3S. The Morgan fingerprint density at radius 1 is 1.33 bits per heavy atom. The van der Waals surface area contributed by atoms with Gasteiger partial charge in [-0.15, -0.1) is 11.8 Å². The highest BCUT2D eigenvalue weighted by Crippen LogP contribution is 2.36. The molecule has 1 atom stereocenters. The molecule has 0 bridgehead atoms. The molecule has 24 heavy (non-hydrogen) atoms. The summed E-state index contributed by atoms with van der Waals surface area (Å²) in [5.41, 5.74) is 0.0567. The van der Waals surface area contributed by atoms with Crippen LogP contribution in [0.4, 0.5) is 10.1 Å². The number of thioether (sulfide) groups is 1. The van der Waals surface area contributed by atoms with Gasteiger partial charge < -0.3 is 10.1 Å². The Balaban J connectivity index is 3.03. The zero-order valence-corrected chi connectivity index (χ0v) is 15.9. The van der Waals surface area contributed by atoms with Gasteiger partial charge in [0, 0.05) is 11.3 Å². The molecule has 1 aromatic rings. The summed E-state index contributed by atoms with van der Waals surface area (Å²) in [5.74, 6) is -1.23. The van der Waals surface area contributed by atoms with Crippen molar-refractivity contribution in [1.29, 1.82) is 0 Å². The van der Waals surface area contributed by atoms with E-state index in [1.807, 2.05) is 6.92 Å². The fourth-order valence-electron chi connectivity index (χ4n) is 1.90. The van der Waals surface area contributed by atoms with Gasteiger partial charge in [-0.2, -0.15) is 0 Å². The Morgan fingerprint density at radius 3 is 2.54 bits per heavy atom. The quantitative estimate of drug-likeness (QED) is 0.510. The molecule has 1 aromatic carbocycles. The normalized spacial score (nSPS) is 12.1. The van der Waals surface area contributed by atoms with Crippen molar-refractivity contribution in [3.8, 4) is 0 Å². The fraction of sp³-hybridized carbons (Fsp3) is 0.529. The Morgan fingerprint density at radius 2 is 2.00 bits per heavy atom. The lowest BCUT2D eigenvalue weighted by Crippen LogP contribution is -2.23. The number of benzene rings is 1. The number of esters is 1. The first-order valence-corrected chi connectivity index (χ1v) is 9.20. The van der Waals surface area contributed by atoms with Crippen LogP contribution in [0.1, 0.15) is 47.0 Å². The predicted molar refractivity (Wildman–Crippen MR) is 96.1 cm³/mol. The van der Waals surface area contributed by atoms with Gasteiger partial charge in [-0.1, -0.05) is 31.9 Å². The standard InChI is InChI=1S/C17H23ClFNO3S/c1-5-7-14(17(22)23-10(3)4)24-15-9-13(20-16(21)6-2)12(19)8-11(15)18/h8-10,14H,5-7H2,1-4H3,(H,20,21). The average Bonchev–Trinajstić information content (AvgIpc) is 2.50. The molecule has 134 valence electrons. The molecule has 0 aliphatic heterocycles. The third-order valence-corrected chi connectivity index (χ3v) is 4.78. The lowest BCUT2D eigenvalue weighted by molar-refractivity contribution is -0.146. The van der Waals surface area contributed by atoms with Crippen LogP contribution in [0.15, 0.2) is 17.0 Å². The zero-order chi connectivity index (χ0) is 18.3. The van der Waals surface area contributed by atoms with Crippen molar-refractivity contribution in [1.82, 2.24) is 0 Å². The van der Waals surface area contributed by atoms with Crippen molar-refractivity contribution >= 4 is 40.9 Å². The third-order valence-electron chi connectivity index (χ3n) is 3.05. The number of ether oxygens (including phenoxy) is 1. The highest BCUT2D eigenvalue weighted by molar-refractivity contribution is 8.00. The molecule has 0 fully saturated rings. The van der Waals surface area contributed by atoms with Crippen LogP contribution in [0.25, 0.3) is 0 Å². The van der Waals surface area contributed by atoms with E-state index >= 15 is 0 Å². The van der Waals surface area contributed by atoms with Gasteiger partial charge in [-0.05, 0) is 32.4 Å². The molecule has 0 heterocycles. The van der Waals surface area contributed by atoms with E-state index in [1.54, 1.807) is 20.8 Å². The van der Waals surface area contributed by atoms with Crippen molar-refractivity contribution in [3.05, 3.63) is 23.0 Å². The van der Waals surface area contributed by atoms with Crippen molar-refractivity contribution < 1.29 is 18.7 Å². The smallest absolute Gasteiger partial charge is 0.319 e. The number of hydrogen-bond acceptors (Lipinski definition) is 4. The van der Waals surface area contributed by atoms with E-state index < -0.39 is 11.1 Å². The number of carbonyl (C=O) groups is 2. The average molecular weight is 376 g/mol. The maximum Gasteiger partial charge on any atom is 0.319 e. The number of amides is 1. The molecule has 0 saturated heterocycles. The van der Waals surface area contributed by atoms with Crippen molar-refractivity contribution in [2.45, 2.75) is 63.2 Å². The van der Waals surface area contributed by atoms with Gasteiger partial charge in [0.25, 0.3) is 0 Å². The number of hydrogen-bond donors (Lipinski definition) is 1. The van der Waals surface area contributed by atoms with Gasteiger partial charge >= 0.3 is 5.97 Å². The zero-order valence-electron chi connectivity index (χ0n) is 14.3. The molecule has 4 nitrogen and oxygen atoms in total. The van der Waals surface area contributed by atoms with Gasteiger partial charge in [-0.3, -0.25) is 9.59 Å². The van der Waals surface area contributed by atoms with Crippen LogP contribution in [0, 0.1) is 5.82 Å². The van der Waals surface area contributed by atoms with Gasteiger partial charge in [0.2, 0.25) is 5.91 Å². The highest BCUT2D eigenvalue weighted by Gasteiger charge is 2.23. The van der Waals surface area contributed by atoms with E-state index in [0.29, 0.717) is 11.3 Å². The monoisotopic (exact) mass is 375 g/mol. The maximum atomic E-state index is 13.9. The van der Waals surface area contributed by atoms with E-state index in [9.17, 15) is 14.0 Å². The maximum absolute atomic E-state index is 13.9. The Kier molecular flexibility index (Phi) is 8.56. The molecule has 1 unspecified atom stereocenters. The molecule has 0 aliphatic rings. The van der Waals surface area contributed by atoms with Crippen LogP contribution in [-0.2, 0) is 14.3 Å². The lowest BCUT2D eigenvalue weighted by Gasteiger charge is -2.18. The molecule has 1 amide bonds. The van der Waals surface area contributed by atoms with E-state index in [-0.39, 0.29) is 35.1 Å². The molecule has 7 heteroatoms. The van der Waals surface area contributed by atoms with Gasteiger partial charge in [0.05, 0.1) is 16.8 Å². The van der Waals surface area contributed by atoms with Crippen LogP contribution >= 0.6 is 23.4 Å². The molecule has 1 N–H and O–H groups in total. The second-order valence-corrected chi connectivity index (χ2v) is 7.20. The molecule has 0 radical (unpaired) electrons. The second-order valence-electron chi connectivity index (χ2n) is 5.55. The van der Waals surface area contributed by atoms with Crippen LogP contribution in [-0.4, -0.2) is 23.2 Å². The first-order valence-electron chi connectivity index (χ1n) is 7.94. The van der Waals surface area contributed by atoms with Gasteiger partial charge in [-0.25, -0.2) is 4.39 Å². The summed E-state index contributed by atoms with van der Waals surface area (Å²) in [6.45, 7) is 7.22. The number of carbonyl (C=O) groups excluding carboxylic acids is 2. The molecule has 0 aromatic heterocycles. The first kappa shape index (κ1) is 20.8. The first-order chi connectivity index (χ1) is 11.3. The predicted octanol–water partition coefficient (Wildman–Crippen LogP) is 5.04. The molecule has 0 saturated carbocycles. The minimum atomic E-state index is -0.608. The highest BCUT2D eigenvalue weighted by atomic mass is 35.5. The number of halogens is 2. The lowest BCUT2D eigenvalue weighted by atomic mass is 10.2. The number of nitrogens with one attached hydrogen (secondary N) is 1. The Hall–Kier alpha value is -1.27. The van der Waals surface area contributed by atoms with Crippen molar-refractivity contribution in [2.75, 3.05) is 5.32 Å². The van der Waals surface area contributed by atoms with Crippen LogP contribution in [0.3, 0.4) is 0 Å². The van der Waals surface area contributed by atoms with Crippen LogP contribution < -0.4 is 5.32 Å². The van der Waals surface area contributed by atoms with E-state index in [2.05, 4.69) is 5.32 Å².